The van der Waals surface area contributed by atoms with Crippen LogP contribution in [0.15, 0.2) is 42.5 Å². The summed E-state index contributed by atoms with van der Waals surface area (Å²) in [6.07, 6.45) is 1.19. The molecule has 23 heavy (non-hydrogen) atoms. The maximum absolute atomic E-state index is 12.2. The number of aromatic hydroxyl groups is 1. The summed E-state index contributed by atoms with van der Waals surface area (Å²) in [6, 6.07) is 10.6. The predicted octanol–water partition coefficient (Wildman–Crippen LogP) is 2.27. The molecule has 0 spiro atoms. The molecule has 0 saturated carbocycles. The summed E-state index contributed by atoms with van der Waals surface area (Å²) < 4.78 is 0. The standard InChI is InChI=1S/C17H17NO5/c19-9-3-4-11-7-8-14(15(20)10-11)18-16(21)12-5-1-2-6-13(12)17(22)23/h1-2,5-8,10,19-20H,3-4,9H2,(H,18,21)(H,22,23). The number of aliphatic hydroxyl groups is 1. The van der Waals surface area contributed by atoms with Crippen molar-refractivity contribution in [3.8, 4) is 5.75 Å². The van der Waals surface area contributed by atoms with Crippen molar-refractivity contribution in [1.29, 1.82) is 0 Å². The van der Waals surface area contributed by atoms with E-state index in [0.717, 1.165) is 5.56 Å². The maximum atomic E-state index is 12.2. The number of carbonyl (C=O) groups excluding carboxylic acids is 1. The molecule has 0 aromatic heterocycles. The second kappa shape index (κ2) is 7.42. The lowest BCUT2D eigenvalue weighted by atomic mass is 10.1. The number of aryl methyl sites for hydroxylation is 1. The molecule has 120 valence electrons. The third-order valence-electron chi connectivity index (χ3n) is 3.34. The molecule has 0 aliphatic rings. The number of phenolic OH excluding ortho intramolecular Hbond substituents is 1. The van der Waals surface area contributed by atoms with Crippen LogP contribution in [0.4, 0.5) is 5.69 Å². The minimum Gasteiger partial charge on any atom is -0.506 e. The van der Waals surface area contributed by atoms with Gasteiger partial charge in [-0.1, -0.05) is 18.2 Å². The van der Waals surface area contributed by atoms with Crippen LogP contribution in [0.2, 0.25) is 0 Å². The first-order chi connectivity index (χ1) is 11.0. The number of nitrogens with one attached hydrogen (secondary N) is 1. The Labute approximate surface area is 133 Å². The summed E-state index contributed by atoms with van der Waals surface area (Å²) in [7, 11) is 0. The first-order valence-electron chi connectivity index (χ1n) is 7.09. The van der Waals surface area contributed by atoms with Gasteiger partial charge in [0, 0.05) is 6.61 Å². The van der Waals surface area contributed by atoms with Crippen LogP contribution in [0.3, 0.4) is 0 Å². The fraction of sp³-hybridized carbons (Fsp3) is 0.176. The lowest BCUT2D eigenvalue weighted by Gasteiger charge is -2.10. The van der Waals surface area contributed by atoms with Gasteiger partial charge in [-0.05, 0) is 42.7 Å². The molecule has 2 aromatic carbocycles. The molecule has 2 rings (SSSR count). The van der Waals surface area contributed by atoms with Gasteiger partial charge in [0.2, 0.25) is 0 Å². The Morgan fingerprint density at radius 2 is 1.74 bits per heavy atom. The molecule has 6 heteroatoms. The topological polar surface area (TPSA) is 107 Å². The summed E-state index contributed by atoms with van der Waals surface area (Å²) in [5, 5.41) is 30.4. The summed E-state index contributed by atoms with van der Waals surface area (Å²) >= 11 is 0. The van der Waals surface area contributed by atoms with E-state index in [2.05, 4.69) is 5.32 Å². The molecule has 0 fully saturated rings. The zero-order valence-corrected chi connectivity index (χ0v) is 12.3. The molecule has 0 aliphatic heterocycles. The van der Waals surface area contributed by atoms with Crippen LogP contribution >= 0.6 is 0 Å². The van der Waals surface area contributed by atoms with Crippen molar-refractivity contribution in [3.05, 3.63) is 59.2 Å². The van der Waals surface area contributed by atoms with E-state index in [1.807, 2.05) is 0 Å². The van der Waals surface area contributed by atoms with Gasteiger partial charge >= 0.3 is 5.97 Å². The van der Waals surface area contributed by atoms with E-state index < -0.39 is 11.9 Å². The number of rotatable bonds is 6. The molecular weight excluding hydrogens is 298 g/mol. The molecule has 0 radical (unpaired) electrons. The number of carboxylic acids is 1. The van der Waals surface area contributed by atoms with Crippen molar-refractivity contribution in [1.82, 2.24) is 0 Å². The lowest BCUT2D eigenvalue weighted by Crippen LogP contribution is -2.16. The van der Waals surface area contributed by atoms with Gasteiger partial charge in [-0.2, -0.15) is 0 Å². The number of hydrogen-bond donors (Lipinski definition) is 4. The number of phenols is 1. The molecular formula is C17H17NO5. The van der Waals surface area contributed by atoms with E-state index in [-0.39, 0.29) is 29.2 Å². The van der Waals surface area contributed by atoms with Crippen molar-refractivity contribution >= 4 is 17.6 Å². The highest BCUT2D eigenvalue weighted by Crippen LogP contribution is 2.25. The quantitative estimate of drug-likeness (QED) is 0.612. The van der Waals surface area contributed by atoms with Crippen LogP contribution in [-0.2, 0) is 6.42 Å². The molecule has 4 N–H and O–H groups in total. The minimum atomic E-state index is -1.20. The van der Waals surface area contributed by atoms with Crippen molar-refractivity contribution in [3.63, 3.8) is 0 Å². The molecule has 0 heterocycles. The van der Waals surface area contributed by atoms with Crippen LogP contribution < -0.4 is 5.32 Å². The van der Waals surface area contributed by atoms with Gasteiger partial charge in [0.05, 0.1) is 16.8 Å². The second-order valence-electron chi connectivity index (χ2n) is 4.98. The molecule has 0 unspecified atom stereocenters. The molecule has 0 bridgehead atoms. The van der Waals surface area contributed by atoms with E-state index in [0.29, 0.717) is 12.8 Å². The van der Waals surface area contributed by atoms with E-state index in [4.69, 9.17) is 10.2 Å². The van der Waals surface area contributed by atoms with Gasteiger partial charge < -0.3 is 20.6 Å². The Bertz CT molecular complexity index is 727. The summed E-state index contributed by atoms with van der Waals surface area (Å²) in [5.41, 5.74) is 0.941. The van der Waals surface area contributed by atoms with Crippen LogP contribution in [-0.4, -0.2) is 33.8 Å². The monoisotopic (exact) mass is 315 g/mol. The van der Waals surface area contributed by atoms with Gasteiger partial charge in [-0.25, -0.2) is 4.79 Å². The highest BCUT2D eigenvalue weighted by Gasteiger charge is 2.16. The zero-order chi connectivity index (χ0) is 16.8. The van der Waals surface area contributed by atoms with Crippen molar-refractivity contribution in [2.45, 2.75) is 12.8 Å². The number of benzene rings is 2. The number of aromatic carboxylic acids is 1. The molecule has 0 saturated heterocycles. The van der Waals surface area contributed by atoms with Crippen LogP contribution in [0, 0.1) is 0 Å². The lowest BCUT2D eigenvalue weighted by molar-refractivity contribution is 0.0692. The molecule has 6 nitrogen and oxygen atoms in total. The third-order valence-corrected chi connectivity index (χ3v) is 3.34. The number of aliphatic hydroxyl groups excluding tert-OH is 1. The maximum Gasteiger partial charge on any atom is 0.336 e. The predicted molar refractivity (Wildman–Crippen MR) is 84.9 cm³/mol. The van der Waals surface area contributed by atoms with E-state index in [1.165, 1.54) is 24.3 Å². The highest BCUT2D eigenvalue weighted by atomic mass is 16.4. The van der Waals surface area contributed by atoms with E-state index in [9.17, 15) is 14.7 Å². The van der Waals surface area contributed by atoms with Crippen molar-refractivity contribution in [2.75, 3.05) is 11.9 Å². The molecule has 0 aliphatic carbocycles. The Morgan fingerprint density at radius 3 is 2.35 bits per heavy atom. The summed E-state index contributed by atoms with van der Waals surface area (Å²) in [6.45, 7) is 0.0607. The van der Waals surface area contributed by atoms with Gasteiger partial charge in [-0.15, -0.1) is 0 Å². The minimum absolute atomic E-state index is 0.0174. The average Bonchev–Trinajstić information content (AvgIpc) is 2.55. The summed E-state index contributed by atoms with van der Waals surface area (Å²) in [4.78, 5) is 23.4. The molecule has 1 amide bonds. The first kappa shape index (κ1) is 16.5. The van der Waals surface area contributed by atoms with Gasteiger partial charge in [0.25, 0.3) is 5.91 Å². The Hall–Kier alpha value is -2.86. The van der Waals surface area contributed by atoms with Gasteiger partial charge in [0.1, 0.15) is 5.75 Å². The Morgan fingerprint density at radius 1 is 1.04 bits per heavy atom. The smallest absolute Gasteiger partial charge is 0.336 e. The average molecular weight is 315 g/mol. The molecule has 0 atom stereocenters. The van der Waals surface area contributed by atoms with Gasteiger partial charge in [0.15, 0.2) is 0 Å². The normalized spacial score (nSPS) is 10.3. The van der Waals surface area contributed by atoms with Crippen LogP contribution in [0.5, 0.6) is 5.75 Å². The largest absolute Gasteiger partial charge is 0.506 e. The number of carbonyl (C=O) groups is 2. The summed E-state index contributed by atoms with van der Waals surface area (Å²) in [5.74, 6) is -1.91. The van der Waals surface area contributed by atoms with E-state index in [1.54, 1.807) is 18.2 Å². The fourth-order valence-corrected chi connectivity index (χ4v) is 2.18. The third kappa shape index (κ3) is 4.08. The number of anilines is 1. The fourth-order valence-electron chi connectivity index (χ4n) is 2.18. The number of hydrogen-bond acceptors (Lipinski definition) is 4. The number of amides is 1. The van der Waals surface area contributed by atoms with Crippen molar-refractivity contribution in [2.24, 2.45) is 0 Å². The van der Waals surface area contributed by atoms with Crippen molar-refractivity contribution < 1.29 is 24.9 Å². The molecule has 2 aromatic rings. The SMILES string of the molecule is O=C(O)c1ccccc1C(=O)Nc1ccc(CCCO)cc1O. The first-order valence-corrected chi connectivity index (χ1v) is 7.09. The zero-order valence-electron chi connectivity index (χ0n) is 12.3. The second-order valence-corrected chi connectivity index (χ2v) is 4.98. The Balaban J connectivity index is 2.19. The van der Waals surface area contributed by atoms with Gasteiger partial charge in [-0.3, -0.25) is 4.79 Å². The van der Waals surface area contributed by atoms with Crippen LogP contribution in [0.1, 0.15) is 32.7 Å². The van der Waals surface area contributed by atoms with E-state index >= 15 is 0 Å². The Kier molecular flexibility index (Phi) is 5.32. The number of carboxylic acid groups (broad SMARTS) is 1. The highest BCUT2D eigenvalue weighted by molar-refractivity contribution is 6.11. The van der Waals surface area contributed by atoms with Crippen LogP contribution in [0.25, 0.3) is 0 Å².